The maximum Gasteiger partial charge on any atom is 0.416 e. The van der Waals surface area contributed by atoms with Gasteiger partial charge < -0.3 is 19.2 Å². The van der Waals surface area contributed by atoms with Gasteiger partial charge in [-0.1, -0.05) is 23.7 Å². The molecular weight excluding hydrogens is 530 g/mol. The summed E-state index contributed by atoms with van der Waals surface area (Å²) < 4.78 is 17.0. The number of carbonyl (C=O) groups is 1. The molecule has 10 heteroatoms. The summed E-state index contributed by atoms with van der Waals surface area (Å²) in [7, 11) is 1.60. The van der Waals surface area contributed by atoms with E-state index in [1.54, 1.807) is 42.6 Å². The molecule has 1 aromatic heterocycles. The number of fused-ring (bicyclic) bond motifs is 3. The fourth-order valence-corrected chi connectivity index (χ4v) is 5.40. The first-order valence-corrected chi connectivity index (χ1v) is 13.6. The van der Waals surface area contributed by atoms with E-state index in [0.717, 1.165) is 46.4 Å². The monoisotopic (exact) mass is 559 g/mol. The molecule has 3 heterocycles. The molecule has 4 aromatic rings. The van der Waals surface area contributed by atoms with Crippen molar-refractivity contribution in [2.24, 2.45) is 4.99 Å². The van der Waals surface area contributed by atoms with E-state index < -0.39 is 6.09 Å². The lowest BCUT2D eigenvalue weighted by atomic mass is 9.92. The summed E-state index contributed by atoms with van der Waals surface area (Å²) in [4.78, 5) is 23.0. The van der Waals surface area contributed by atoms with Crippen LogP contribution in [0.2, 0.25) is 5.02 Å². The Bertz CT molecular complexity index is 1520. The second-order valence-electron chi connectivity index (χ2n) is 9.68. The van der Waals surface area contributed by atoms with Crippen LogP contribution < -0.4 is 19.6 Å². The second-order valence-corrected chi connectivity index (χ2v) is 10.1. The Hall–Kier alpha value is -4.21. The van der Waals surface area contributed by atoms with Crippen LogP contribution in [0.3, 0.4) is 0 Å². The van der Waals surface area contributed by atoms with Crippen LogP contribution in [0.1, 0.15) is 29.3 Å². The standard InChI is InChI=1S/C30H30ClN5O4/c1-38-22-8-10-24(11-9-22)40-30(37)36-15-13-25-26-17-21(31)5-12-27(26)34-28(25)29(36)20-3-6-23(7-4-20)39-16-2-14-35-19-32-18-33-35/h3-12,17,19,29,33-34H,2,13-16,18H2,1H3. The first-order chi connectivity index (χ1) is 19.6. The molecule has 0 saturated heterocycles. The van der Waals surface area contributed by atoms with Crippen molar-refractivity contribution in [2.75, 3.05) is 33.5 Å². The normalized spacial score (nSPS) is 16.3. The van der Waals surface area contributed by atoms with Crippen LogP contribution in [0.5, 0.6) is 17.2 Å². The third kappa shape index (κ3) is 5.43. The Labute approximate surface area is 237 Å². The molecule has 206 valence electrons. The van der Waals surface area contributed by atoms with Gasteiger partial charge in [-0.3, -0.25) is 14.9 Å². The van der Waals surface area contributed by atoms with Gasteiger partial charge in [-0.15, -0.1) is 0 Å². The minimum absolute atomic E-state index is 0.366. The first-order valence-electron chi connectivity index (χ1n) is 13.2. The topological polar surface area (TPSA) is 91.4 Å². The fourth-order valence-electron chi connectivity index (χ4n) is 5.23. The van der Waals surface area contributed by atoms with Crippen molar-refractivity contribution >= 4 is 34.9 Å². The van der Waals surface area contributed by atoms with Crippen molar-refractivity contribution < 1.29 is 19.0 Å². The predicted octanol–water partition coefficient (Wildman–Crippen LogP) is 5.55. The Morgan fingerprint density at radius 1 is 1.05 bits per heavy atom. The number of H-pyrrole nitrogens is 1. The molecule has 0 bridgehead atoms. The van der Waals surface area contributed by atoms with E-state index in [2.05, 4.69) is 15.4 Å². The molecule has 40 heavy (non-hydrogen) atoms. The number of hydrogen-bond donors (Lipinski definition) is 2. The molecule has 1 amide bonds. The van der Waals surface area contributed by atoms with Gasteiger partial charge in [0.2, 0.25) is 0 Å². The van der Waals surface area contributed by atoms with Crippen molar-refractivity contribution in [2.45, 2.75) is 18.9 Å². The van der Waals surface area contributed by atoms with Gasteiger partial charge >= 0.3 is 6.09 Å². The van der Waals surface area contributed by atoms with Crippen molar-refractivity contribution in [3.63, 3.8) is 0 Å². The summed E-state index contributed by atoms with van der Waals surface area (Å²) in [5.41, 5.74) is 7.22. The lowest BCUT2D eigenvalue weighted by Gasteiger charge is -2.35. The van der Waals surface area contributed by atoms with Gasteiger partial charge in [-0.2, -0.15) is 0 Å². The molecule has 3 aromatic carbocycles. The fraction of sp³-hybridized carbons (Fsp3) is 0.267. The largest absolute Gasteiger partial charge is 0.497 e. The number of nitrogens with one attached hydrogen (secondary N) is 2. The number of benzene rings is 3. The van der Waals surface area contributed by atoms with Crippen LogP contribution in [0.15, 0.2) is 71.7 Å². The van der Waals surface area contributed by atoms with Crippen LogP contribution in [0, 0.1) is 0 Å². The van der Waals surface area contributed by atoms with Crippen molar-refractivity contribution in [3.8, 4) is 17.2 Å². The van der Waals surface area contributed by atoms with Gasteiger partial charge in [-0.25, -0.2) is 10.2 Å². The molecule has 2 N–H and O–H groups in total. The molecule has 0 fully saturated rings. The van der Waals surface area contributed by atoms with Gasteiger partial charge in [0.25, 0.3) is 0 Å². The van der Waals surface area contributed by atoms with Crippen LogP contribution in [-0.4, -0.2) is 60.8 Å². The number of hydrazine groups is 1. The molecule has 9 nitrogen and oxygen atoms in total. The summed E-state index contributed by atoms with van der Waals surface area (Å²) in [5, 5.41) is 3.72. The highest BCUT2D eigenvalue weighted by Crippen LogP contribution is 2.40. The van der Waals surface area contributed by atoms with Gasteiger partial charge in [0.05, 0.1) is 13.7 Å². The highest BCUT2D eigenvalue weighted by molar-refractivity contribution is 6.31. The van der Waals surface area contributed by atoms with Crippen LogP contribution >= 0.6 is 11.6 Å². The van der Waals surface area contributed by atoms with E-state index in [1.807, 2.05) is 47.5 Å². The Kier molecular flexibility index (Phi) is 7.48. The molecule has 0 spiro atoms. The van der Waals surface area contributed by atoms with Crippen LogP contribution in [0.25, 0.3) is 10.9 Å². The van der Waals surface area contributed by atoms with E-state index in [0.29, 0.717) is 42.8 Å². The molecule has 0 saturated carbocycles. The number of rotatable bonds is 8. The molecule has 2 aliphatic heterocycles. The summed E-state index contributed by atoms with van der Waals surface area (Å²) in [5.74, 6) is 1.93. The SMILES string of the molecule is COc1ccc(OC(=O)N2CCc3c([nH]c4ccc(Cl)cc34)C2c2ccc(OCCCN3C=NCN3)cc2)cc1. The summed E-state index contributed by atoms with van der Waals surface area (Å²) in [6.07, 6.45) is 2.92. The molecule has 1 unspecified atom stereocenters. The van der Waals surface area contributed by atoms with Gasteiger partial charge in [0.15, 0.2) is 0 Å². The number of aliphatic imine (C=N–C) groups is 1. The molecule has 2 aliphatic rings. The Morgan fingerprint density at radius 2 is 1.82 bits per heavy atom. The Morgan fingerprint density at radius 3 is 2.58 bits per heavy atom. The molecule has 6 rings (SSSR count). The maximum atomic E-state index is 13.5. The number of methoxy groups -OCH3 is 1. The van der Waals surface area contributed by atoms with E-state index in [1.165, 1.54) is 0 Å². The third-order valence-corrected chi connectivity index (χ3v) is 7.42. The van der Waals surface area contributed by atoms with E-state index in [4.69, 9.17) is 25.8 Å². The number of ether oxygens (including phenoxy) is 3. The number of amides is 1. The molecule has 1 atom stereocenters. The van der Waals surface area contributed by atoms with Crippen LogP contribution in [-0.2, 0) is 6.42 Å². The zero-order valence-corrected chi connectivity index (χ0v) is 22.9. The predicted molar refractivity (Wildman–Crippen MR) is 154 cm³/mol. The second kappa shape index (κ2) is 11.5. The quantitative estimate of drug-likeness (QED) is 0.275. The van der Waals surface area contributed by atoms with E-state index >= 15 is 0 Å². The number of hydrogen-bond acceptors (Lipinski definition) is 7. The first kappa shape index (κ1) is 26.0. The highest BCUT2D eigenvalue weighted by Gasteiger charge is 2.35. The van der Waals surface area contributed by atoms with Crippen molar-refractivity contribution in [1.29, 1.82) is 0 Å². The summed E-state index contributed by atoms with van der Waals surface area (Å²) >= 11 is 6.34. The maximum absolute atomic E-state index is 13.5. The minimum atomic E-state index is -0.420. The Balaban J connectivity index is 1.24. The van der Waals surface area contributed by atoms with Crippen molar-refractivity contribution in [1.82, 2.24) is 20.3 Å². The lowest BCUT2D eigenvalue weighted by molar-refractivity contribution is 0.135. The third-order valence-electron chi connectivity index (χ3n) is 7.18. The van der Waals surface area contributed by atoms with Gasteiger partial charge in [-0.05, 0) is 72.1 Å². The van der Waals surface area contributed by atoms with Crippen LogP contribution in [0.4, 0.5) is 4.79 Å². The number of aromatic nitrogens is 1. The average molecular weight is 560 g/mol. The van der Waals surface area contributed by atoms with Gasteiger partial charge in [0, 0.05) is 41.1 Å². The number of halogens is 1. The molecule has 0 aliphatic carbocycles. The number of aromatic amines is 1. The van der Waals surface area contributed by atoms with E-state index in [-0.39, 0.29) is 6.04 Å². The zero-order valence-electron chi connectivity index (χ0n) is 22.1. The van der Waals surface area contributed by atoms with E-state index in [9.17, 15) is 4.79 Å². The number of nitrogens with zero attached hydrogens (tertiary/aromatic N) is 3. The van der Waals surface area contributed by atoms with Crippen molar-refractivity contribution in [3.05, 3.63) is 88.6 Å². The average Bonchev–Trinajstić information content (AvgIpc) is 3.63. The summed E-state index contributed by atoms with van der Waals surface area (Å²) in [6, 6.07) is 20.4. The smallest absolute Gasteiger partial charge is 0.416 e. The lowest BCUT2D eigenvalue weighted by Crippen LogP contribution is -2.42. The summed E-state index contributed by atoms with van der Waals surface area (Å²) in [6.45, 7) is 2.53. The molecular formula is C30H30ClN5O4. The number of carbonyl (C=O) groups excluding carboxylic acids is 1. The minimum Gasteiger partial charge on any atom is -0.497 e. The molecule has 0 radical (unpaired) electrons. The van der Waals surface area contributed by atoms with Gasteiger partial charge in [0.1, 0.15) is 36.3 Å². The zero-order chi connectivity index (χ0) is 27.5. The highest BCUT2D eigenvalue weighted by atomic mass is 35.5.